The predicted octanol–water partition coefficient (Wildman–Crippen LogP) is 1.40. The highest BCUT2D eigenvalue weighted by Gasteiger charge is 2.10. The second kappa shape index (κ2) is 6.07. The first kappa shape index (κ1) is 12.4. The number of nitrogens with one attached hydrogen (secondary N) is 1. The summed E-state index contributed by atoms with van der Waals surface area (Å²) in [7, 11) is 1.64. The van der Waals surface area contributed by atoms with Crippen LogP contribution in [-0.2, 0) is 4.74 Å². The number of fused-ring (bicyclic) bond motifs is 1. The number of pyridine rings is 2. The lowest BCUT2D eigenvalue weighted by atomic mass is 10.2. The number of amides is 1. The number of hydrogen-bond acceptors (Lipinski definition) is 4. The summed E-state index contributed by atoms with van der Waals surface area (Å²) in [4.78, 5) is 20.3. The highest BCUT2D eigenvalue weighted by atomic mass is 16.5. The molecule has 0 fully saturated rings. The Kier molecular flexibility index (Phi) is 4.20. The molecule has 2 aromatic heterocycles. The molecule has 0 unspecified atom stereocenters. The highest BCUT2D eigenvalue weighted by Crippen LogP contribution is 2.13. The Balaban J connectivity index is 2.13. The Morgan fingerprint density at radius 1 is 1.44 bits per heavy atom. The maximum atomic E-state index is 12.0. The van der Waals surface area contributed by atoms with E-state index in [1.165, 1.54) is 0 Å². The van der Waals surface area contributed by atoms with Gasteiger partial charge in [0.15, 0.2) is 0 Å². The molecule has 2 heterocycles. The molecule has 0 aliphatic rings. The molecule has 5 nitrogen and oxygen atoms in total. The molecule has 0 spiro atoms. The molecule has 2 rings (SSSR count). The van der Waals surface area contributed by atoms with E-state index in [2.05, 4.69) is 15.3 Å². The first-order valence-corrected chi connectivity index (χ1v) is 5.79. The monoisotopic (exact) mass is 245 g/mol. The van der Waals surface area contributed by atoms with Crippen LogP contribution in [0.15, 0.2) is 30.7 Å². The van der Waals surface area contributed by atoms with Crippen LogP contribution in [0.3, 0.4) is 0 Å². The molecule has 0 bridgehead atoms. The smallest absolute Gasteiger partial charge is 0.255 e. The fourth-order valence-electron chi connectivity index (χ4n) is 1.68. The molecule has 0 atom stereocenters. The first-order valence-electron chi connectivity index (χ1n) is 5.79. The number of rotatable bonds is 5. The molecule has 1 N–H and O–H groups in total. The van der Waals surface area contributed by atoms with Gasteiger partial charge in [-0.2, -0.15) is 0 Å². The van der Waals surface area contributed by atoms with Crippen molar-refractivity contribution in [1.82, 2.24) is 15.3 Å². The predicted molar refractivity (Wildman–Crippen MR) is 68.4 cm³/mol. The summed E-state index contributed by atoms with van der Waals surface area (Å²) in [6.45, 7) is 1.21. The van der Waals surface area contributed by atoms with Crippen LogP contribution in [-0.4, -0.2) is 36.1 Å². The summed E-state index contributed by atoms with van der Waals surface area (Å²) < 4.78 is 4.92. The van der Waals surface area contributed by atoms with Gasteiger partial charge in [0.2, 0.25) is 0 Å². The molecule has 5 heteroatoms. The fourth-order valence-corrected chi connectivity index (χ4v) is 1.68. The van der Waals surface area contributed by atoms with Crippen LogP contribution < -0.4 is 5.32 Å². The molecule has 2 aromatic rings. The third kappa shape index (κ3) is 2.81. The van der Waals surface area contributed by atoms with Crippen molar-refractivity contribution in [3.05, 3.63) is 36.3 Å². The van der Waals surface area contributed by atoms with E-state index in [0.717, 1.165) is 11.8 Å². The number of methoxy groups -OCH3 is 1. The van der Waals surface area contributed by atoms with E-state index in [4.69, 9.17) is 4.74 Å². The second-order valence-corrected chi connectivity index (χ2v) is 3.86. The van der Waals surface area contributed by atoms with Crippen LogP contribution in [0.25, 0.3) is 10.9 Å². The number of nitrogens with zero attached hydrogens (tertiary/aromatic N) is 2. The van der Waals surface area contributed by atoms with E-state index in [-0.39, 0.29) is 5.91 Å². The molecular weight excluding hydrogens is 230 g/mol. The average Bonchev–Trinajstić information content (AvgIpc) is 2.43. The van der Waals surface area contributed by atoms with Gasteiger partial charge in [-0.05, 0) is 18.6 Å². The third-order valence-corrected chi connectivity index (χ3v) is 2.57. The van der Waals surface area contributed by atoms with Crippen molar-refractivity contribution in [2.24, 2.45) is 0 Å². The van der Waals surface area contributed by atoms with Crippen LogP contribution in [0.1, 0.15) is 16.8 Å². The van der Waals surface area contributed by atoms with E-state index in [9.17, 15) is 4.79 Å². The zero-order valence-corrected chi connectivity index (χ0v) is 10.2. The number of carbonyl (C=O) groups is 1. The van der Waals surface area contributed by atoms with Crippen LogP contribution in [0.4, 0.5) is 0 Å². The van der Waals surface area contributed by atoms with Gasteiger partial charge >= 0.3 is 0 Å². The van der Waals surface area contributed by atoms with Gasteiger partial charge in [0.1, 0.15) is 0 Å². The normalized spacial score (nSPS) is 10.5. The minimum atomic E-state index is -0.150. The number of aromatic nitrogens is 2. The second-order valence-electron chi connectivity index (χ2n) is 3.86. The molecule has 18 heavy (non-hydrogen) atoms. The van der Waals surface area contributed by atoms with Crippen molar-refractivity contribution < 1.29 is 9.53 Å². The van der Waals surface area contributed by atoms with Crippen molar-refractivity contribution in [2.75, 3.05) is 20.3 Å². The van der Waals surface area contributed by atoms with Gasteiger partial charge < -0.3 is 10.1 Å². The van der Waals surface area contributed by atoms with E-state index < -0.39 is 0 Å². The van der Waals surface area contributed by atoms with Gasteiger partial charge in [0.25, 0.3) is 5.91 Å². The van der Waals surface area contributed by atoms with Gasteiger partial charge in [-0.25, -0.2) is 0 Å². The van der Waals surface area contributed by atoms with Gasteiger partial charge in [0.05, 0.1) is 11.1 Å². The standard InChI is InChI=1S/C13H15N3O2/c1-18-7-3-6-16-13(17)11-9-14-8-10-4-2-5-15-12(10)11/h2,4-5,8-9H,3,6-7H2,1H3,(H,16,17). The molecule has 0 aliphatic carbocycles. The minimum absolute atomic E-state index is 0.150. The van der Waals surface area contributed by atoms with Crippen molar-refractivity contribution >= 4 is 16.8 Å². The van der Waals surface area contributed by atoms with E-state index >= 15 is 0 Å². The quantitative estimate of drug-likeness (QED) is 0.809. The number of carbonyl (C=O) groups excluding carboxylic acids is 1. The molecule has 1 amide bonds. The highest BCUT2D eigenvalue weighted by molar-refractivity contribution is 6.04. The van der Waals surface area contributed by atoms with Crippen LogP contribution >= 0.6 is 0 Å². The lowest BCUT2D eigenvalue weighted by Gasteiger charge is -2.06. The number of ether oxygens (including phenoxy) is 1. The molecule has 0 aromatic carbocycles. The third-order valence-electron chi connectivity index (χ3n) is 2.57. The lowest BCUT2D eigenvalue weighted by Crippen LogP contribution is -2.25. The minimum Gasteiger partial charge on any atom is -0.385 e. The Morgan fingerprint density at radius 3 is 3.17 bits per heavy atom. The fraction of sp³-hybridized carbons (Fsp3) is 0.308. The summed E-state index contributed by atoms with van der Waals surface area (Å²) in [5.41, 5.74) is 1.18. The van der Waals surface area contributed by atoms with Gasteiger partial charge in [-0.15, -0.1) is 0 Å². The molecule has 0 saturated heterocycles. The van der Waals surface area contributed by atoms with Crippen molar-refractivity contribution in [3.63, 3.8) is 0 Å². The van der Waals surface area contributed by atoms with Crippen LogP contribution in [0.2, 0.25) is 0 Å². The van der Waals surface area contributed by atoms with Crippen molar-refractivity contribution in [1.29, 1.82) is 0 Å². The molecular formula is C13H15N3O2. The zero-order valence-electron chi connectivity index (χ0n) is 10.2. The molecule has 94 valence electrons. The summed E-state index contributed by atoms with van der Waals surface area (Å²) in [5.74, 6) is -0.150. The van der Waals surface area contributed by atoms with Crippen LogP contribution in [0, 0.1) is 0 Å². The van der Waals surface area contributed by atoms with Crippen LogP contribution in [0.5, 0.6) is 0 Å². The van der Waals surface area contributed by atoms with Crippen molar-refractivity contribution in [2.45, 2.75) is 6.42 Å². The summed E-state index contributed by atoms with van der Waals surface area (Å²) >= 11 is 0. The van der Waals surface area contributed by atoms with Gasteiger partial charge in [0, 0.05) is 44.2 Å². The lowest BCUT2D eigenvalue weighted by molar-refractivity contribution is 0.0950. The molecule has 0 aliphatic heterocycles. The van der Waals surface area contributed by atoms with E-state index in [1.807, 2.05) is 12.1 Å². The van der Waals surface area contributed by atoms with E-state index in [1.54, 1.807) is 25.7 Å². The Hall–Kier alpha value is -2.01. The topological polar surface area (TPSA) is 64.1 Å². The SMILES string of the molecule is COCCCNC(=O)c1cncc2cccnc12. The maximum Gasteiger partial charge on any atom is 0.255 e. The molecule has 0 saturated carbocycles. The Morgan fingerprint density at radius 2 is 2.33 bits per heavy atom. The summed E-state index contributed by atoms with van der Waals surface area (Å²) in [6, 6.07) is 3.71. The van der Waals surface area contributed by atoms with Gasteiger partial charge in [-0.3, -0.25) is 14.8 Å². The maximum absolute atomic E-state index is 12.0. The first-order chi connectivity index (χ1) is 8.83. The zero-order chi connectivity index (χ0) is 12.8. The van der Waals surface area contributed by atoms with E-state index in [0.29, 0.717) is 24.2 Å². The summed E-state index contributed by atoms with van der Waals surface area (Å²) in [6.07, 6.45) is 5.70. The Labute approximate surface area is 105 Å². The average molecular weight is 245 g/mol. The largest absolute Gasteiger partial charge is 0.385 e. The van der Waals surface area contributed by atoms with Gasteiger partial charge in [-0.1, -0.05) is 0 Å². The molecule has 0 radical (unpaired) electrons. The number of hydrogen-bond donors (Lipinski definition) is 1. The Bertz CT molecular complexity index is 537. The summed E-state index contributed by atoms with van der Waals surface area (Å²) in [5, 5.41) is 3.69. The van der Waals surface area contributed by atoms with Crippen molar-refractivity contribution in [3.8, 4) is 0 Å².